The van der Waals surface area contributed by atoms with Gasteiger partial charge >= 0.3 is 0 Å². The molecule has 0 aliphatic rings. The van der Waals surface area contributed by atoms with Crippen LogP contribution in [0.5, 0.6) is 0 Å². The Bertz CT molecular complexity index is 1170. The first-order chi connectivity index (χ1) is 15.1. The average molecular weight is 414 g/mol. The largest absolute Gasteiger partial charge is 0.338 e. The van der Waals surface area contributed by atoms with E-state index in [9.17, 15) is 4.39 Å². The topological polar surface area (TPSA) is 73.9 Å². The summed E-state index contributed by atoms with van der Waals surface area (Å²) < 4.78 is 19.8. The zero-order chi connectivity index (χ0) is 21.6. The van der Waals surface area contributed by atoms with E-state index < -0.39 is 0 Å². The summed E-state index contributed by atoms with van der Waals surface area (Å²) in [5, 5.41) is 17.9. The molecule has 4 aromatic rings. The molecule has 31 heavy (non-hydrogen) atoms. The molecule has 0 amide bonds. The van der Waals surface area contributed by atoms with Crippen molar-refractivity contribution in [3.8, 4) is 11.1 Å². The summed E-state index contributed by atoms with van der Waals surface area (Å²) in [6, 6.07) is 24.3. The van der Waals surface area contributed by atoms with Crippen molar-refractivity contribution in [1.82, 2.24) is 5.16 Å². The molecule has 6 heteroatoms. The number of hydrogen-bond acceptors (Lipinski definition) is 3. The molecule has 0 spiro atoms. The van der Waals surface area contributed by atoms with Gasteiger partial charge in [0.15, 0.2) is 5.96 Å². The van der Waals surface area contributed by atoms with Gasteiger partial charge in [0.05, 0.1) is 5.69 Å². The van der Waals surface area contributed by atoms with E-state index in [4.69, 9.17) is 9.93 Å². The molecule has 1 heterocycles. The van der Waals surface area contributed by atoms with Crippen LogP contribution >= 0.6 is 0 Å². The molecule has 5 nitrogen and oxygen atoms in total. The van der Waals surface area contributed by atoms with Gasteiger partial charge in [-0.2, -0.15) is 0 Å². The highest BCUT2D eigenvalue weighted by molar-refractivity contribution is 6.00. The second kappa shape index (κ2) is 9.26. The Kier molecular flexibility index (Phi) is 6.08. The molecule has 3 N–H and O–H groups in total. The first kappa shape index (κ1) is 20.3. The van der Waals surface area contributed by atoms with E-state index in [1.54, 1.807) is 12.1 Å². The summed E-state index contributed by atoms with van der Waals surface area (Å²) >= 11 is 0. The SMILES string of the molecule is Cc1ccc(NC(=N)Nc2cc(CCc3ccc(-c4ccccc4)c(F)c3)no2)cc1. The summed E-state index contributed by atoms with van der Waals surface area (Å²) in [6.07, 6.45) is 1.24. The smallest absolute Gasteiger partial charge is 0.231 e. The summed E-state index contributed by atoms with van der Waals surface area (Å²) in [7, 11) is 0. The van der Waals surface area contributed by atoms with Gasteiger partial charge in [0, 0.05) is 17.3 Å². The fourth-order valence-electron chi connectivity index (χ4n) is 3.26. The number of nitrogens with zero attached hydrogens (tertiary/aromatic N) is 1. The number of nitrogens with one attached hydrogen (secondary N) is 3. The maximum atomic E-state index is 14.5. The Balaban J connectivity index is 1.32. The number of anilines is 2. The van der Waals surface area contributed by atoms with Crippen molar-refractivity contribution in [2.75, 3.05) is 10.6 Å². The molecule has 0 atom stereocenters. The number of benzene rings is 3. The van der Waals surface area contributed by atoms with Crippen molar-refractivity contribution in [3.05, 3.63) is 102 Å². The van der Waals surface area contributed by atoms with Gasteiger partial charge in [-0.1, -0.05) is 65.3 Å². The summed E-state index contributed by atoms with van der Waals surface area (Å²) in [4.78, 5) is 0. The van der Waals surface area contributed by atoms with Gasteiger partial charge in [-0.05, 0) is 49.1 Å². The third kappa shape index (κ3) is 5.36. The first-order valence-corrected chi connectivity index (χ1v) is 10.1. The van der Waals surface area contributed by atoms with Crippen LogP contribution in [0.3, 0.4) is 0 Å². The van der Waals surface area contributed by atoms with Gasteiger partial charge in [-0.3, -0.25) is 10.7 Å². The van der Waals surface area contributed by atoms with Gasteiger partial charge in [-0.25, -0.2) is 4.39 Å². The van der Waals surface area contributed by atoms with E-state index >= 15 is 0 Å². The summed E-state index contributed by atoms with van der Waals surface area (Å²) in [6.45, 7) is 2.01. The lowest BCUT2D eigenvalue weighted by atomic mass is 10.0. The van der Waals surface area contributed by atoms with Gasteiger partial charge in [0.2, 0.25) is 5.88 Å². The lowest BCUT2D eigenvalue weighted by Crippen LogP contribution is -2.20. The molecule has 0 saturated carbocycles. The summed E-state index contributed by atoms with van der Waals surface area (Å²) in [5.41, 5.74) is 5.04. The van der Waals surface area contributed by atoms with Crippen molar-refractivity contribution in [2.24, 2.45) is 0 Å². The maximum Gasteiger partial charge on any atom is 0.231 e. The molecule has 0 bridgehead atoms. The second-order valence-corrected chi connectivity index (χ2v) is 7.35. The average Bonchev–Trinajstić information content (AvgIpc) is 3.22. The van der Waals surface area contributed by atoms with Crippen molar-refractivity contribution in [2.45, 2.75) is 19.8 Å². The Morgan fingerprint density at radius 3 is 2.45 bits per heavy atom. The van der Waals surface area contributed by atoms with E-state index in [0.29, 0.717) is 24.3 Å². The number of hydrogen-bond donors (Lipinski definition) is 3. The van der Waals surface area contributed by atoms with E-state index in [-0.39, 0.29) is 11.8 Å². The molecule has 0 aliphatic carbocycles. The molecule has 0 radical (unpaired) electrons. The highest BCUT2D eigenvalue weighted by Crippen LogP contribution is 2.24. The molecule has 0 fully saturated rings. The monoisotopic (exact) mass is 414 g/mol. The van der Waals surface area contributed by atoms with Crippen LogP contribution in [-0.2, 0) is 12.8 Å². The van der Waals surface area contributed by atoms with Crippen molar-refractivity contribution in [3.63, 3.8) is 0 Å². The quantitative estimate of drug-likeness (QED) is 0.266. The maximum absolute atomic E-state index is 14.5. The lowest BCUT2D eigenvalue weighted by molar-refractivity contribution is 0.426. The van der Waals surface area contributed by atoms with Crippen LogP contribution in [0.15, 0.2) is 83.4 Å². The Morgan fingerprint density at radius 2 is 1.71 bits per heavy atom. The summed E-state index contributed by atoms with van der Waals surface area (Å²) in [5.74, 6) is 0.233. The molecule has 4 rings (SSSR count). The van der Waals surface area contributed by atoms with Crippen molar-refractivity contribution < 1.29 is 8.91 Å². The molecule has 3 aromatic carbocycles. The van der Waals surface area contributed by atoms with E-state index in [0.717, 1.165) is 28.1 Å². The number of rotatable bonds is 6. The van der Waals surface area contributed by atoms with Crippen LogP contribution in [0.4, 0.5) is 16.0 Å². The fourth-order valence-corrected chi connectivity index (χ4v) is 3.26. The number of aryl methyl sites for hydroxylation is 3. The third-order valence-electron chi connectivity index (χ3n) is 4.92. The molecular formula is C25H23FN4O. The van der Waals surface area contributed by atoms with Crippen LogP contribution in [0, 0.1) is 18.2 Å². The van der Waals surface area contributed by atoms with E-state index in [1.165, 1.54) is 0 Å². The third-order valence-corrected chi connectivity index (χ3v) is 4.92. The van der Waals surface area contributed by atoms with Crippen LogP contribution in [0.1, 0.15) is 16.8 Å². The van der Waals surface area contributed by atoms with Crippen LogP contribution in [0.2, 0.25) is 0 Å². The molecule has 1 aromatic heterocycles. The molecular weight excluding hydrogens is 391 g/mol. The molecule has 0 saturated heterocycles. The van der Waals surface area contributed by atoms with Gasteiger partial charge in [0.1, 0.15) is 5.82 Å². The van der Waals surface area contributed by atoms with Gasteiger partial charge in [-0.15, -0.1) is 0 Å². The standard InChI is InChI=1S/C25H23FN4O/c1-17-7-11-20(12-8-17)28-25(27)29-24-16-21(30-31-24)13-9-18-10-14-22(23(26)15-18)19-5-3-2-4-6-19/h2-8,10-12,14-16H,9,13H2,1H3,(H3,27,28,29). The Labute approximate surface area is 180 Å². The van der Waals surface area contributed by atoms with Gasteiger partial charge in [0.25, 0.3) is 0 Å². The van der Waals surface area contributed by atoms with Gasteiger partial charge < -0.3 is 9.84 Å². The number of guanidine groups is 1. The Hall–Kier alpha value is -3.93. The molecule has 0 aliphatic heterocycles. The zero-order valence-electron chi connectivity index (χ0n) is 17.2. The van der Waals surface area contributed by atoms with Crippen molar-refractivity contribution >= 4 is 17.5 Å². The van der Waals surface area contributed by atoms with Crippen LogP contribution < -0.4 is 10.6 Å². The minimum atomic E-state index is -0.234. The van der Waals surface area contributed by atoms with E-state index in [2.05, 4.69) is 15.8 Å². The molecule has 0 unspecified atom stereocenters. The minimum absolute atomic E-state index is 0.0881. The lowest BCUT2D eigenvalue weighted by Gasteiger charge is -2.07. The highest BCUT2D eigenvalue weighted by Gasteiger charge is 2.09. The fraction of sp³-hybridized carbons (Fsp3) is 0.120. The Morgan fingerprint density at radius 1 is 0.935 bits per heavy atom. The normalized spacial score (nSPS) is 10.6. The highest BCUT2D eigenvalue weighted by atomic mass is 19.1. The molecule has 156 valence electrons. The second-order valence-electron chi connectivity index (χ2n) is 7.35. The minimum Gasteiger partial charge on any atom is -0.338 e. The number of aromatic nitrogens is 1. The van der Waals surface area contributed by atoms with Crippen LogP contribution in [-0.4, -0.2) is 11.1 Å². The number of halogens is 1. The predicted molar refractivity (Wildman–Crippen MR) is 122 cm³/mol. The van der Waals surface area contributed by atoms with Crippen LogP contribution in [0.25, 0.3) is 11.1 Å². The van der Waals surface area contributed by atoms with E-state index in [1.807, 2.05) is 73.7 Å². The first-order valence-electron chi connectivity index (χ1n) is 10.1. The van der Waals surface area contributed by atoms with Crippen molar-refractivity contribution in [1.29, 1.82) is 5.41 Å². The zero-order valence-corrected chi connectivity index (χ0v) is 17.2. The predicted octanol–water partition coefficient (Wildman–Crippen LogP) is 6.03.